The molecule has 0 bridgehead atoms. The second kappa shape index (κ2) is 7.96. The molecule has 1 fully saturated rings. The van der Waals surface area contributed by atoms with Crippen molar-refractivity contribution in [1.29, 1.82) is 0 Å². The highest BCUT2D eigenvalue weighted by atomic mass is 16.5. The average molecular weight is 330 g/mol. The molecule has 3 nitrogen and oxygen atoms in total. The molecule has 0 heterocycles. The van der Waals surface area contributed by atoms with Crippen molar-refractivity contribution in [2.24, 2.45) is 11.8 Å². The fraction of sp³-hybridized carbons (Fsp3) is 0.619. The molecule has 1 aliphatic rings. The molecule has 0 saturated heterocycles. The zero-order valence-corrected chi connectivity index (χ0v) is 15.6. The SMILES string of the molecule is CCOC(=O)C1CCCC(C(=O)C(C)c2c(C)cc(C)cc2C)C1. The van der Waals surface area contributed by atoms with E-state index in [4.69, 9.17) is 4.74 Å². The zero-order chi connectivity index (χ0) is 17.9. The van der Waals surface area contributed by atoms with Crippen LogP contribution in [0.3, 0.4) is 0 Å². The topological polar surface area (TPSA) is 43.4 Å². The Morgan fingerprint density at radius 1 is 1.12 bits per heavy atom. The molecule has 2 rings (SSSR count). The van der Waals surface area contributed by atoms with E-state index in [0.29, 0.717) is 13.0 Å². The number of carbonyl (C=O) groups excluding carboxylic acids is 2. The molecule has 0 aromatic heterocycles. The minimum absolute atomic E-state index is 0.0248. The lowest BCUT2D eigenvalue weighted by molar-refractivity contribution is -0.150. The summed E-state index contributed by atoms with van der Waals surface area (Å²) >= 11 is 0. The van der Waals surface area contributed by atoms with Crippen LogP contribution in [0.4, 0.5) is 0 Å². The normalized spacial score (nSPS) is 22.0. The highest BCUT2D eigenvalue weighted by Gasteiger charge is 2.34. The molecular formula is C21H30O3. The standard InChI is InChI=1S/C21H30O3/c1-6-24-21(23)18-9-7-8-17(12-18)20(22)16(5)19-14(3)10-13(2)11-15(19)4/h10-11,16-18H,6-9,12H2,1-5H3. The molecule has 0 spiro atoms. The van der Waals surface area contributed by atoms with Gasteiger partial charge in [0, 0.05) is 11.8 Å². The van der Waals surface area contributed by atoms with E-state index in [1.165, 1.54) is 16.7 Å². The van der Waals surface area contributed by atoms with Crippen LogP contribution in [0.1, 0.15) is 67.7 Å². The number of ether oxygens (including phenoxy) is 1. The fourth-order valence-corrected chi connectivity index (χ4v) is 4.29. The van der Waals surface area contributed by atoms with Gasteiger partial charge < -0.3 is 4.74 Å². The minimum Gasteiger partial charge on any atom is -0.466 e. The van der Waals surface area contributed by atoms with Crippen molar-refractivity contribution >= 4 is 11.8 Å². The Morgan fingerprint density at radius 3 is 2.29 bits per heavy atom. The van der Waals surface area contributed by atoms with Crippen LogP contribution in [0.2, 0.25) is 0 Å². The Bertz CT molecular complexity index is 595. The van der Waals surface area contributed by atoms with Gasteiger partial charge in [0.1, 0.15) is 5.78 Å². The molecule has 0 aliphatic heterocycles. The van der Waals surface area contributed by atoms with Crippen LogP contribution in [0.5, 0.6) is 0 Å². The first-order chi connectivity index (χ1) is 11.3. The Morgan fingerprint density at radius 2 is 1.71 bits per heavy atom. The zero-order valence-electron chi connectivity index (χ0n) is 15.6. The second-order valence-corrected chi connectivity index (χ2v) is 7.25. The molecule has 1 aromatic rings. The molecular weight excluding hydrogens is 300 g/mol. The van der Waals surface area contributed by atoms with Gasteiger partial charge in [-0.05, 0) is 63.6 Å². The van der Waals surface area contributed by atoms with Gasteiger partial charge >= 0.3 is 5.97 Å². The summed E-state index contributed by atoms with van der Waals surface area (Å²) in [7, 11) is 0. The first-order valence-electron chi connectivity index (χ1n) is 9.13. The van der Waals surface area contributed by atoms with E-state index >= 15 is 0 Å². The number of hydrogen-bond donors (Lipinski definition) is 0. The predicted octanol–water partition coefficient (Wildman–Crippen LogP) is 4.65. The average Bonchev–Trinajstić information content (AvgIpc) is 2.53. The molecule has 24 heavy (non-hydrogen) atoms. The summed E-state index contributed by atoms with van der Waals surface area (Å²) in [6.07, 6.45) is 3.31. The van der Waals surface area contributed by atoms with Crippen LogP contribution in [-0.4, -0.2) is 18.4 Å². The van der Waals surface area contributed by atoms with Crippen molar-refractivity contribution in [2.45, 2.75) is 66.2 Å². The first kappa shape index (κ1) is 18.7. The predicted molar refractivity (Wildman–Crippen MR) is 96.2 cm³/mol. The van der Waals surface area contributed by atoms with Gasteiger partial charge in [0.15, 0.2) is 0 Å². The maximum Gasteiger partial charge on any atom is 0.308 e. The van der Waals surface area contributed by atoms with Gasteiger partial charge in [-0.15, -0.1) is 0 Å². The van der Waals surface area contributed by atoms with Crippen LogP contribution in [0.15, 0.2) is 12.1 Å². The number of Topliss-reactive ketones (excluding diaryl/α,β-unsaturated/α-hetero) is 1. The van der Waals surface area contributed by atoms with Crippen LogP contribution in [0.25, 0.3) is 0 Å². The number of hydrogen-bond acceptors (Lipinski definition) is 3. The first-order valence-corrected chi connectivity index (χ1v) is 9.13. The van der Waals surface area contributed by atoms with Crippen molar-refractivity contribution in [3.05, 3.63) is 34.4 Å². The largest absolute Gasteiger partial charge is 0.466 e. The molecule has 1 aliphatic carbocycles. The van der Waals surface area contributed by atoms with E-state index < -0.39 is 0 Å². The Labute approximate surface area is 145 Å². The van der Waals surface area contributed by atoms with E-state index in [1.54, 1.807) is 0 Å². The maximum absolute atomic E-state index is 13.1. The Hall–Kier alpha value is -1.64. The highest BCUT2D eigenvalue weighted by molar-refractivity contribution is 5.89. The summed E-state index contributed by atoms with van der Waals surface area (Å²) in [6, 6.07) is 4.29. The number of benzene rings is 1. The summed E-state index contributed by atoms with van der Waals surface area (Å²) in [5.74, 6) is -0.107. The number of carbonyl (C=O) groups is 2. The minimum atomic E-state index is -0.134. The lowest BCUT2D eigenvalue weighted by Gasteiger charge is -2.29. The van der Waals surface area contributed by atoms with Crippen molar-refractivity contribution < 1.29 is 14.3 Å². The van der Waals surface area contributed by atoms with Crippen molar-refractivity contribution in [3.8, 4) is 0 Å². The molecule has 1 saturated carbocycles. The molecule has 0 radical (unpaired) electrons. The monoisotopic (exact) mass is 330 g/mol. The maximum atomic E-state index is 13.1. The lowest BCUT2D eigenvalue weighted by atomic mass is 9.74. The molecule has 0 amide bonds. The van der Waals surface area contributed by atoms with E-state index in [-0.39, 0.29) is 29.5 Å². The van der Waals surface area contributed by atoms with Gasteiger partial charge in [-0.2, -0.15) is 0 Å². The Kier molecular flexibility index (Phi) is 6.20. The third kappa shape index (κ3) is 4.06. The molecule has 3 atom stereocenters. The smallest absolute Gasteiger partial charge is 0.308 e. The van der Waals surface area contributed by atoms with Gasteiger partial charge in [0.05, 0.1) is 12.5 Å². The van der Waals surface area contributed by atoms with Gasteiger partial charge in [-0.1, -0.05) is 31.0 Å². The fourth-order valence-electron chi connectivity index (χ4n) is 4.29. The molecule has 132 valence electrons. The summed E-state index contributed by atoms with van der Waals surface area (Å²) in [4.78, 5) is 25.1. The summed E-state index contributed by atoms with van der Waals surface area (Å²) < 4.78 is 5.16. The van der Waals surface area contributed by atoms with E-state index in [9.17, 15) is 9.59 Å². The number of rotatable bonds is 5. The third-order valence-electron chi connectivity index (χ3n) is 5.29. The van der Waals surface area contributed by atoms with Gasteiger partial charge in [-0.25, -0.2) is 0 Å². The lowest BCUT2D eigenvalue weighted by Crippen LogP contribution is -2.31. The Balaban J connectivity index is 2.15. The molecule has 1 aromatic carbocycles. The third-order valence-corrected chi connectivity index (χ3v) is 5.29. The second-order valence-electron chi connectivity index (χ2n) is 7.25. The molecule has 3 heteroatoms. The van der Waals surface area contributed by atoms with Crippen LogP contribution in [0, 0.1) is 32.6 Å². The molecule has 0 N–H and O–H groups in total. The van der Waals surface area contributed by atoms with E-state index in [2.05, 4.69) is 32.9 Å². The van der Waals surface area contributed by atoms with Crippen LogP contribution < -0.4 is 0 Å². The highest BCUT2D eigenvalue weighted by Crippen LogP contribution is 2.35. The van der Waals surface area contributed by atoms with E-state index in [0.717, 1.165) is 24.8 Å². The van der Waals surface area contributed by atoms with Gasteiger partial charge in [0.2, 0.25) is 0 Å². The van der Waals surface area contributed by atoms with Gasteiger partial charge in [0.25, 0.3) is 0 Å². The summed E-state index contributed by atoms with van der Waals surface area (Å²) in [5, 5.41) is 0. The van der Waals surface area contributed by atoms with Crippen LogP contribution >= 0.6 is 0 Å². The number of aryl methyl sites for hydroxylation is 3. The van der Waals surface area contributed by atoms with Crippen molar-refractivity contribution in [1.82, 2.24) is 0 Å². The quantitative estimate of drug-likeness (QED) is 0.738. The van der Waals surface area contributed by atoms with Crippen molar-refractivity contribution in [2.75, 3.05) is 6.61 Å². The number of esters is 1. The van der Waals surface area contributed by atoms with E-state index in [1.807, 2.05) is 13.8 Å². The van der Waals surface area contributed by atoms with Crippen molar-refractivity contribution in [3.63, 3.8) is 0 Å². The number of ketones is 1. The van der Waals surface area contributed by atoms with Gasteiger partial charge in [-0.3, -0.25) is 9.59 Å². The molecule has 3 unspecified atom stereocenters. The summed E-state index contributed by atoms with van der Waals surface area (Å²) in [6.45, 7) is 10.5. The summed E-state index contributed by atoms with van der Waals surface area (Å²) in [5.41, 5.74) is 4.76. The van der Waals surface area contributed by atoms with Crippen LogP contribution in [-0.2, 0) is 14.3 Å².